The minimum absolute atomic E-state index is 0.0123. The van der Waals surface area contributed by atoms with Crippen molar-refractivity contribution in [3.05, 3.63) is 12.2 Å². The van der Waals surface area contributed by atoms with Gasteiger partial charge in [0, 0.05) is 24.9 Å². The van der Waals surface area contributed by atoms with E-state index in [1.165, 1.54) is 0 Å². The fourth-order valence-electron chi connectivity index (χ4n) is 6.29. The Morgan fingerprint density at radius 1 is 1.43 bits per heavy atom. The number of halogens is 1. The van der Waals surface area contributed by atoms with Gasteiger partial charge in [-0.15, -0.1) is 11.6 Å². The number of amides is 1. The van der Waals surface area contributed by atoms with Gasteiger partial charge < -0.3 is 4.90 Å². The molecule has 114 valence electrons. The highest BCUT2D eigenvalue weighted by Crippen LogP contribution is 2.79. The number of carbonyl (C=O) groups is 2. The molecule has 4 saturated carbocycles. The topological polar surface area (TPSA) is 37.4 Å². The molecule has 0 heterocycles. The molecule has 4 heteroatoms. The molecule has 4 aliphatic rings. The molecular formula is C17H22ClNO2. The summed E-state index contributed by atoms with van der Waals surface area (Å²) >= 11 is 6.32. The first-order valence-corrected chi connectivity index (χ1v) is 8.65. The van der Waals surface area contributed by atoms with Crippen LogP contribution in [0.25, 0.3) is 0 Å². The highest BCUT2D eigenvalue weighted by molar-refractivity contribution is 6.21. The maximum atomic E-state index is 13.1. The van der Waals surface area contributed by atoms with Gasteiger partial charge >= 0.3 is 0 Å². The van der Waals surface area contributed by atoms with Crippen LogP contribution in [0.15, 0.2) is 12.2 Å². The average molecular weight is 308 g/mol. The smallest absolute Gasteiger partial charge is 0.227 e. The average Bonchev–Trinajstić information content (AvgIpc) is 2.99. The Morgan fingerprint density at radius 3 is 2.67 bits per heavy atom. The van der Waals surface area contributed by atoms with E-state index in [0.717, 1.165) is 12.0 Å². The van der Waals surface area contributed by atoms with Crippen LogP contribution in [0.5, 0.6) is 0 Å². The van der Waals surface area contributed by atoms with Crippen molar-refractivity contribution in [1.29, 1.82) is 0 Å². The number of hydrogen-bond donors (Lipinski definition) is 0. The Morgan fingerprint density at radius 2 is 2.10 bits per heavy atom. The molecular weight excluding hydrogens is 286 g/mol. The molecule has 0 aromatic carbocycles. The van der Waals surface area contributed by atoms with Gasteiger partial charge in [0.15, 0.2) is 0 Å². The molecule has 0 saturated heterocycles. The van der Waals surface area contributed by atoms with Gasteiger partial charge in [0.1, 0.15) is 5.78 Å². The summed E-state index contributed by atoms with van der Waals surface area (Å²) in [7, 11) is 0. The molecule has 0 aliphatic heterocycles. The fraction of sp³-hybridized carbons (Fsp3) is 0.765. The van der Waals surface area contributed by atoms with Crippen molar-refractivity contribution < 1.29 is 9.59 Å². The lowest BCUT2D eigenvalue weighted by atomic mass is 9.57. The van der Waals surface area contributed by atoms with E-state index < -0.39 is 5.41 Å². The maximum absolute atomic E-state index is 13.1. The van der Waals surface area contributed by atoms with Gasteiger partial charge in [-0.05, 0) is 43.9 Å². The molecule has 4 rings (SSSR count). The Balaban J connectivity index is 1.81. The zero-order valence-electron chi connectivity index (χ0n) is 12.6. The summed E-state index contributed by atoms with van der Waals surface area (Å²) in [5.41, 5.74) is 0.510. The first-order chi connectivity index (χ1) is 10.0. The molecule has 21 heavy (non-hydrogen) atoms. The third kappa shape index (κ3) is 1.22. The molecule has 0 radical (unpaired) electrons. The third-order valence-corrected chi connectivity index (χ3v) is 7.47. The van der Waals surface area contributed by atoms with Gasteiger partial charge in [0.25, 0.3) is 0 Å². The number of nitrogens with zero attached hydrogens (tertiary/aromatic N) is 1. The number of hydrogen-bond acceptors (Lipinski definition) is 2. The normalized spacial score (nSPS) is 48.7. The first-order valence-electron chi connectivity index (χ1n) is 8.12. The Hall–Kier alpha value is -0.830. The van der Waals surface area contributed by atoms with Crippen molar-refractivity contribution in [2.75, 3.05) is 19.0 Å². The zero-order valence-corrected chi connectivity index (χ0v) is 13.4. The molecule has 0 aromatic heterocycles. The highest BCUT2D eigenvalue weighted by atomic mass is 35.5. The second kappa shape index (κ2) is 4.13. The largest absolute Gasteiger partial charge is 0.343 e. The van der Waals surface area contributed by atoms with E-state index in [1.807, 2.05) is 18.7 Å². The molecule has 1 amide bonds. The van der Waals surface area contributed by atoms with Gasteiger partial charge in [-0.1, -0.05) is 12.2 Å². The number of ketones is 1. The number of Topliss-reactive ketones (excluding diaryl/α,β-unsaturated/α-hetero) is 1. The van der Waals surface area contributed by atoms with E-state index >= 15 is 0 Å². The third-order valence-electron chi connectivity index (χ3n) is 7.03. The monoisotopic (exact) mass is 307 g/mol. The van der Waals surface area contributed by atoms with Crippen LogP contribution >= 0.6 is 11.6 Å². The second-order valence-electron chi connectivity index (χ2n) is 7.19. The highest BCUT2D eigenvalue weighted by Gasteiger charge is 2.81. The summed E-state index contributed by atoms with van der Waals surface area (Å²) in [4.78, 5) is 27.9. The molecule has 0 aromatic rings. The lowest BCUT2D eigenvalue weighted by molar-refractivity contribution is -0.146. The summed E-state index contributed by atoms with van der Waals surface area (Å²) in [5, 5.41) is 0. The summed E-state index contributed by atoms with van der Waals surface area (Å²) in [6, 6.07) is 0. The van der Waals surface area contributed by atoms with Crippen LogP contribution in [0.4, 0.5) is 0 Å². The Bertz CT molecular complexity index is 555. The van der Waals surface area contributed by atoms with Gasteiger partial charge in [-0.3, -0.25) is 9.59 Å². The van der Waals surface area contributed by atoms with Crippen LogP contribution in [-0.4, -0.2) is 35.6 Å². The summed E-state index contributed by atoms with van der Waals surface area (Å²) < 4.78 is 0. The van der Waals surface area contributed by atoms with Crippen LogP contribution in [0.3, 0.4) is 0 Å². The minimum atomic E-state index is -0.586. The van der Waals surface area contributed by atoms with Crippen molar-refractivity contribution in [2.45, 2.75) is 20.3 Å². The molecule has 0 spiro atoms. The predicted molar refractivity (Wildman–Crippen MR) is 80.8 cm³/mol. The second-order valence-corrected chi connectivity index (χ2v) is 7.46. The molecule has 4 fully saturated rings. The van der Waals surface area contributed by atoms with E-state index in [2.05, 4.69) is 6.58 Å². The fourth-order valence-corrected chi connectivity index (χ4v) is 6.79. The van der Waals surface area contributed by atoms with Crippen LogP contribution in [0.1, 0.15) is 20.3 Å². The van der Waals surface area contributed by atoms with E-state index in [0.29, 0.717) is 42.6 Å². The Kier molecular flexibility index (Phi) is 2.71. The quantitative estimate of drug-likeness (QED) is 0.590. The Labute approximate surface area is 130 Å². The lowest BCUT2D eigenvalue weighted by Gasteiger charge is -2.47. The van der Waals surface area contributed by atoms with Crippen LogP contribution in [0.2, 0.25) is 0 Å². The standard InChI is InChI=1S/C17H22ClNO2/c1-4-19(5-2)16(21)14-9-6-10-13-11(9)8(3)12(13)15(20)17(10,14)7-18/h9-14H,3-7H2,1-2H3/t9-,10+,11-,12-,13+,14+,17+/m0/s1. The summed E-state index contributed by atoms with van der Waals surface area (Å²) in [6.07, 6.45) is 1.00. The van der Waals surface area contributed by atoms with Gasteiger partial charge in [0.2, 0.25) is 5.91 Å². The molecule has 2 bridgehead atoms. The van der Waals surface area contributed by atoms with Crippen LogP contribution < -0.4 is 0 Å². The first kappa shape index (κ1) is 13.8. The van der Waals surface area contributed by atoms with E-state index in [-0.39, 0.29) is 23.5 Å². The van der Waals surface area contributed by atoms with E-state index in [9.17, 15) is 9.59 Å². The van der Waals surface area contributed by atoms with Crippen LogP contribution in [0, 0.1) is 40.9 Å². The van der Waals surface area contributed by atoms with E-state index in [1.54, 1.807) is 0 Å². The van der Waals surface area contributed by atoms with Crippen molar-refractivity contribution in [2.24, 2.45) is 40.9 Å². The number of allylic oxidation sites excluding steroid dienone is 1. The molecule has 3 nitrogen and oxygen atoms in total. The number of carbonyl (C=O) groups excluding carboxylic acids is 2. The molecule has 7 atom stereocenters. The van der Waals surface area contributed by atoms with Gasteiger partial charge in [-0.2, -0.15) is 0 Å². The van der Waals surface area contributed by atoms with Gasteiger partial charge in [0.05, 0.1) is 11.3 Å². The number of rotatable bonds is 4. The minimum Gasteiger partial charge on any atom is -0.343 e. The predicted octanol–water partition coefficient (Wildman–Crippen LogP) is 2.35. The van der Waals surface area contributed by atoms with Crippen LogP contribution in [-0.2, 0) is 9.59 Å². The maximum Gasteiger partial charge on any atom is 0.227 e. The molecule has 0 unspecified atom stereocenters. The van der Waals surface area contributed by atoms with Gasteiger partial charge in [-0.25, -0.2) is 0 Å². The summed E-state index contributed by atoms with van der Waals surface area (Å²) in [5.74, 6) is 2.01. The zero-order chi connectivity index (χ0) is 15.1. The molecule has 4 aliphatic carbocycles. The summed E-state index contributed by atoms with van der Waals surface area (Å²) in [6.45, 7) is 9.57. The van der Waals surface area contributed by atoms with Crippen molar-refractivity contribution >= 4 is 23.3 Å². The number of alkyl halides is 1. The lowest BCUT2D eigenvalue weighted by Crippen LogP contribution is -2.51. The number of fused-ring (bicyclic) bond motifs is 2. The SMILES string of the molecule is C=C1[C@@H]2C(=O)[C@]3(CCl)[C@@H]4C[C@@H]([C@H]1[C@H]24)[C@@H]3C(=O)N(CC)CC. The van der Waals surface area contributed by atoms with Crippen molar-refractivity contribution in [3.8, 4) is 0 Å². The van der Waals surface area contributed by atoms with Crippen molar-refractivity contribution in [1.82, 2.24) is 4.90 Å². The van der Waals surface area contributed by atoms with Crippen molar-refractivity contribution in [3.63, 3.8) is 0 Å². The van der Waals surface area contributed by atoms with E-state index in [4.69, 9.17) is 11.6 Å². The molecule has 0 N–H and O–H groups in total.